The molecule has 0 heterocycles. The molecule has 0 saturated heterocycles. The lowest BCUT2D eigenvalue weighted by atomic mass is 10.1. The van der Waals surface area contributed by atoms with Gasteiger partial charge in [-0.15, -0.1) is 0 Å². The van der Waals surface area contributed by atoms with Crippen molar-refractivity contribution in [2.24, 2.45) is 0 Å². The van der Waals surface area contributed by atoms with Gasteiger partial charge in [0.25, 0.3) is 0 Å². The van der Waals surface area contributed by atoms with Crippen LogP contribution in [0.1, 0.15) is 11.1 Å². The quantitative estimate of drug-likeness (QED) is 0.796. The number of nitrogens with one attached hydrogen (secondary N) is 1. The number of para-hydroxylation sites is 1. The molecule has 0 radical (unpaired) electrons. The minimum absolute atomic E-state index is 0.160. The Balaban J connectivity index is 1.92. The zero-order chi connectivity index (χ0) is 15.8. The Morgan fingerprint density at radius 1 is 1.09 bits per heavy atom. The number of ether oxygens (including phenoxy) is 1. The van der Waals surface area contributed by atoms with E-state index in [9.17, 15) is 9.36 Å². The van der Waals surface area contributed by atoms with Crippen LogP contribution in [0.2, 0.25) is 0 Å². The normalized spacial score (nSPS) is 10.9. The van der Waals surface area contributed by atoms with Crippen molar-refractivity contribution in [3.05, 3.63) is 65.7 Å². The minimum atomic E-state index is -2.19. The van der Waals surface area contributed by atoms with Crippen LogP contribution in [0, 0.1) is 0 Å². The van der Waals surface area contributed by atoms with Gasteiger partial charge in [0.05, 0.1) is 0 Å². The van der Waals surface area contributed by atoms with Gasteiger partial charge in [0.2, 0.25) is 0 Å². The summed E-state index contributed by atoms with van der Waals surface area (Å²) in [6.45, 7) is 0.192. The third kappa shape index (κ3) is 5.28. The van der Waals surface area contributed by atoms with Gasteiger partial charge >= 0.3 is 14.1 Å². The molecule has 2 aromatic rings. The van der Waals surface area contributed by atoms with Gasteiger partial charge < -0.3 is 4.74 Å². The molecule has 6 heteroatoms. The molecule has 0 spiro atoms. The molecule has 0 aliphatic carbocycles. The van der Waals surface area contributed by atoms with Crippen LogP contribution < -0.4 is 5.32 Å². The Bertz CT molecular complexity index is 646. The summed E-state index contributed by atoms with van der Waals surface area (Å²) in [6.07, 6.45) is 0.0261. The molecule has 0 fully saturated rings. The van der Waals surface area contributed by atoms with Gasteiger partial charge in [-0.3, -0.25) is 5.32 Å². The zero-order valence-electron chi connectivity index (χ0n) is 11.9. The molecule has 1 atom stereocenters. The molecule has 22 heavy (non-hydrogen) atoms. The van der Waals surface area contributed by atoms with E-state index in [-0.39, 0.29) is 12.8 Å². The number of rotatable bonds is 6. The highest BCUT2D eigenvalue weighted by Gasteiger charge is 2.13. The van der Waals surface area contributed by atoms with Crippen LogP contribution in [-0.2, 0) is 22.3 Å². The maximum Gasteiger partial charge on any atom is 0.505 e. The predicted molar refractivity (Wildman–Crippen MR) is 85.1 cm³/mol. The van der Waals surface area contributed by atoms with Gasteiger partial charge in [-0.05, 0) is 21.8 Å². The molecule has 114 valence electrons. The molecule has 1 amide bonds. The molecule has 0 bridgehead atoms. The van der Waals surface area contributed by atoms with Crippen molar-refractivity contribution in [1.82, 2.24) is 0 Å². The number of anilines is 1. The van der Waals surface area contributed by atoms with Crippen molar-refractivity contribution >= 4 is 19.8 Å². The molecule has 1 unspecified atom stereocenters. The van der Waals surface area contributed by atoms with Crippen LogP contribution in [0.25, 0.3) is 0 Å². The number of amides is 1. The van der Waals surface area contributed by atoms with Gasteiger partial charge in [0.1, 0.15) is 6.61 Å². The topological polar surface area (TPSA) is 75.6 Å². The van der Waals surface area contributed by atoms with Crippen LogP contribution in [0.5, 0.6) is 0 Å². The third-order valence-corrected chi connectivity index (χ3v) is 3.65. The van der Waals surface area contributed by atoms with Crippen LogP contribution in [0.15, 0.2) is 54.6 Å². The second-order valence-electron chi connectivity index (χ2n) is 4.67. The molecule has 0 saturated carbocycles. The standard InChI is InChI=1S/C16H16NO4P/c18-16(21-12-13-6-2-1-3-7-13)17-15-9-5-4-8-14(15)10-11-22(19)20/h1-9H,10-12H2,(H-,17,18,19,20)/p+1. The number of carbonyl (C=O) groups excluding carboxylic acids is 1. The largest absolute Gasteiger partial charge is 0.505 e. The fourth-order valence-electron chi connectivity index (χ4n) is 1.95. The number of hydrogen-bond donors (Lipinski definition) is 2. The fourth-order valence-corrected chi connectivity index (χ4v) is 2.38. The Kier molecular flexibility index (Phi) is 6.07. The first-order chi connectivity index (χ1) is 10.6. The van der Waals surface area contributed by atoms with Crippen molar-refractivity contribution in [3.63, 3.8) is 0 Å². The average molecular weight is 318 g/mol. The van der Waals surface area contributed by atoms with Crippen LogP contribution in [0.3, 0.4) is 0 Å². The molecule has 2 rings (SSSR count). The van der Waals surface area contributed by atoms with E-state index in [1.54, 1.807) is 12.1 Å². The summed E-state index contributed by atoms with van der Waals surface area (Å²) in [4.78, 5) is 20.7. The maximum atomic E-state index is 11.8. The first-order valence-electron chi connectivity index (χ1n) is 6.84. The van der Waals surface area contributed by atoms with Crippen LogP contribution >= 0.6 is 8.03 Å². The Morgan fingerprint density at radius 3 is 2.50 bits per heavy atom. The second kappa shape index (κ2) is 8.27. The van der Waals surface area contributed by atoms with E-state index in [1.807, 2.05) is 42.5 Å². The van der Waals surface area contributed by atoms with Crippen molar-refractivity contribution in [2.75, 3.05) is 11.5 Å². The first-order valence-corrected chi connectivity index (χ1v) is 8.24. The van der Waals surface area contributed by atoms with Crippen molar-refractivity contribution in [2.45, 2.75) is 13.0 Å². The summed E-state index contributed by atoms with van der Waals surface area (Å²) < 4.78 is 16.0. The Hall–Kier alpha value is -2.23. The highest BCUT2D eigenvalue weighted by Crippen LogP contribution is 2.21. The minimum Gasteiger partial charge on any atom is -0.444 e. The predicted octanol–water partition coefficient (Wildman–Crippen LogP) is 3.71. The van der Waals surface area contributed by atoms with Crippen molar-refractivity contribution < 1.29 is 19.0 Å². The number of hydrogen-bond acceptors (Lipinski definition) is 3. The molecular weight excluding hydrogens is 301 g/mol. The van der Waals surface area contributed by atoms with Gasteiger partial charge in [-0.25, -0.2) is 4.79 Å². The highest BCUT2D eigenvalue weighted by molar-refractivity contribution is 7.37. The van der Waals surface area contributed by atoms with Gasteiger partial charge in [-0.2, -0.15) is 4.89 Å². The molecular formula is C16H17NO4P+. The Labute approximate surface area is 129 Å². The maximum absolute atomic E-state index is 11.8. The highest BCUT2D eigenvalue weighted by atomic mass is 31.1. The molecule has 2 N–H and O–H groups in total. The third-order valence-electron chi connectivity index (χ3n) is 3.04. The van der Waals surface area contributed by atoms with E-state index in [2.05, 4.69) is 5.32 Å². The molecule has 2 aromatic carbocycles. The van der Waals surface area contributed by atoms with E-state index < -0.39 is 14.1 Å². The van der Waals surface area contributed by atoms with E-state index in [4.69, 9.17) is 9.63 Å². The fraction of sp³-hybridized carbons (Fsp3) is 0.188. The van der Waals surface area contributed by atoms with E-state index in [1.165, 1.54) is 0 Å². The summed E-state index contributed by atoms with van der Waals surface area (Å²) in [6, 6.07) is 16.6. The lowest BCUT2D eigenvalue weighted by Crippen LogP contribution is -2.15. The molecule has 0 aromatic heterocycles. The van der Waals surface area contributed by atoms with Gasteiger partial charge in [0, 0.05) is 12.1 Å². The molecule has 0 aliphatic heterocycles. The number of aryl methyl sites for hydroxylation is 1. The van der Waals surface area contributed by atoms with E-state index in [0.29, 0.717) is 12.1 Å². The van der Waals surface area contributed by atoms with E-state index in [0.717, 1.165) is 11.1 Å². The zero-order valence-corrected chi connectivity index (χ0v) is 12.8. The summed E-state index contributed by atoms with van der Waals surface area (Å²) >= 11 is 0. The lowest BCUT2D eigenvalue weighted by molar-refractivity contribution is 0.155. The van der Waals surface area contributed by atoms with Gasteiger partial charge in [0.15, 0.2) is 6.16 Å². The van der Waals surface area contributed by atoms with Crippen LogP contribution in [-0.4, -0.2) is 17.1 Å². The van der Waals surface area contributed by atoms with Crippen LogP contribution in [0.4, 0.5) is 10.5 Å². The summed E-state index contributed by atoms with van der Waals surface area (Å²) in [7, 11) is -2.19. The summed E-state index contributed by atoms with van der Waals surface area (Å²) in [5.74, 6) is 0. The number of carbonyl (C=O) groups is 1. The number of benzene rings is 2. The Morgan fingerprint density at radius 2 is 1.77 bits per heavy atom. The monoisotopic (exact) mass is 318 g/mol. The first kappa shape index (κ1) is 16.1. The molecule has 5 nitrogen and oxygen atoms in total. The SMILES string of the molecule is O=C(Nc1ccccc1CC[P+](=O)O)OCc1ccccc1. The average Bonchev–Trinajstić information content (AvgIpc) is 2.53. The second-order valence-corrected chi connectivity index (χ2v) is 5.82. The molecule has 0 aliphatic rings. The van der Waals surface area contributed by atoms with Crippen molar-refractivity contribution in [1.29, 1.82) is 0 Å². The smallest absolute Gasteiger partial charge is 0.444 e. The summed E-state index contributed by atoms with van der Waals surface area (Å²) in [5.41, 5.74) is 2.30. The van der Waals surface area contributed by atoms with E-state index >= 15 is 0 Å². The van der Waals surface area contributed by atoms with Gasteiger partial charge in [-0.1, -0.05) is 48.5 Å². The summed E-state index contributed by atoms with van der Waals surface area (Å²) in [5, 5.41) is 2.67. The van der Waals surface area contributed by atoms with Crippen molar-refractivity contribution in [3.8, 4) is 0 Å². The lowest BCUT2D eigenvalue weighted by Gasteiger charge is -2.10.